The molecule has 0 radical (unpaired) electrons. The summed E-state index contributed by atoms with van der Waals surface area (Å²) in [5.41, 5.74) is 5.35. The Morgan fingerprint density at radius 2 is 1.83 bits per heavy atom. The number of ketones is 1. The first-order valence-corrected chi connectivity index (χ1v) is 4.18. The zero-order valence-electron chi connectivity index (χ0n) is 8.55. The largest absolute Gasteiger partial charge is 0.371 e. The fourth-order valence-electron chi connectivity index (χ4n) is 0.962. The molecule has 0 aromatic rings. The van der Waals surface area contributed by atoms with Crippen molar-refractivity contribution in [2.75, 3.05) is 0 Å². The van der Waals surface area contributed by atoms with Crippen LogP contribution in [0.4, 0.5) is 0 Å². The van der Waals surface area contributed by atoms with Crippen LogP contribution in [-0.4, -0.2) is 23.5 Å². The first-order valence-electron chi connectivity index (χ1n) is 4.18. The lowest BCUT2D eigenvalue weighted by molar-refractivity contribution is -0.125. The summed E-state index contributed by atoms with van der Waals surface area (Å²) in [6.45, 7) is 9.12. The molecule has 0 saturated carbocycles. The second-order valence-corrected chi connectivity index (χ2v) is 4.07. The lowest BCUT2D eigenvalue weighted by atomic mass is 10.1. The molecule has 0 rings (SSSR count). The SMILES string of the molecule is CC(=O)C(N)C(C)OC(C)(C)C. The Kier molecular flexibility index (Phi) is 3.87. The number of hydrogen-bond acceptors (Lipinski definition) is 3. The van der Waals surface area contributed by atoms with E-state index in [9.17, 15) is 4.79 Å². The van der Waals surface area contributed by atoms with Crippen LogP contribution < -0.4 is 5.73 Å². The molecule has 3 heteroatoms. The minimum Gasteiger partial charge on any atom is -0.371 e. The van der Waals surface area contributed by atoms with Gasteiger partial charge in [-0.3, -0.25) is 4.79 Å². The van der Waals surface area contributed by atoms with Crippen LogP contribution in [-0.2, 0) is 9.53 Å². The van der Waals surface area contributed by atoms with E-state index in [1.807, 2.05) is 27.7 Å². The Bertz CT molecular complexity index is 160. The van der Waals surface area contributed by atoms with Gasteiger partial charge < -0.3 is 10.5 Å². The number of rotatable bonds is 3. The standard InChI is InChI=1S/C9H19NO2/c1-6(11)8(10)7(2)12-9(3,4)5/h7-8H,10H2,1-5H3. The quantitative estimate of drug-likeness (QED) is 0.695. The molecule has 0 aromatic carbocycles. The molecule has 0 amide bonds. The zero-order chi connectivity index (χ0) is 9.94. The van der Waals surface area contributed by atoms with Gasteiger partial charge in [0, 0.05) is 0 Å². The number of nitrogens with two attached hydrogens (primary N) is 1. The summed E-state index contributed by atoms with van der Waals surface area (Å²) in [4.78, 5) is 10.9. The van der Waals surface area contributed by atoms with Crippen LogP contribution in [0.3, 0.4) is 0 Å². The Morgan fingerprint density at radius 3 is 2.08 bits per heavy atom. The predicted molar refractivity (Wildman–Crippen MR) is 49.0 cm³/mol. The Hall–Kier alpha value is -0.410. The predicted octanol–water partition coefficient (Wildman–Crippen LogP) is 1.11. The lowest BCUT2D eigenvalue weighted by Crippen LogP contribution is -2.43. The highest BCUT2D eigenvalue weighted by atomic mass is 16.5. The summed E-state index contributed by atoms with van der Waals surface area (Å²) in [6, 6.07) is -0.510. The maximum absolute atomic E-state index is 10.9. The van der Waals surface area contributed by atoms with Crippen molar-refractivity contribution >= 4 is 5.78 Å². The normalized spacial score (nSPS) is 17.2. The second-order valence-electron chi connectivity index (χ2n) is 4.07. The molecule has 0 spiro atoms. The van der Waals surface area contributed by atoms with Gasteiger partial charge in [-0.15, -0.1) is 0 Å². The molecule has 0 heterocycles. The van der Waals surface area contributed by atoms with Crippen LogP contribution in [0.5, 0.6) is 0 Å². The van der Waals surface area contributed by atoms with Crippen molar-refractivity contribution in [1.82, 2.24) is 0 Å². The van der Waals surface area contributed by atoms with E-state index in [1.165, 1.54) is 6.92 Å². The number of ether oxygens (including phenoxy) is 1. The molecule has 0 saturated heterocycles. The first kappa shape index (κ1) is 11.6. The van der Waals surface area contributed by atoms with Crippen LogP contribution in [0.25, 0.3) is 0 Å². The molecule has 0 bridgehead atoms. The fraction of sp³-hybridized carbons (Fsp3) is 0.889. The average molecular weight is 173 g/mol. The first-order chi connectivity index (χ1) is 5.24. The summed E-state index contributed by atoms with van der Waals surface area (Å²) in [5, 5.41) is 0. The summed E-state index contributed by atoms with van der Waals surface area (Å²) in [7, 11) is 0. The number of Topliss-reactive ketones (excluding diaryl/α,β-unsaturated/α-hetero) is 1. The van der Waals surface area contributed by atoms with Gasteiger partial charge in [-0.1, -0.05) is 0 Å². The van der Waals surface area contributed by atoms with E-state index < -0.39 is 6.04 Å². The molecule has 0 aromatic heterocycles. The number of carbonyl (C=O) groups is 1. The molecule has 2 unspecified atom stereocenters. The fourth-order valence-corrected chi connectivity index (χ4v) is 0.962. The van der Waals surface area contributed by atoms with E-state index >= 15 is 0 Å². The monoisotopic (exact) mass is 173 g/mol. The molecule has 2 N–H and O–H groups in total. The zero-order valence-corrected chi connectivity index (χ0v) is 8.55. The van der Waals surface area contributed by atoms with E-state index in [1.54, 1.807) is 0 Å². The van der Waals surface area contributed by atoms with Crippen LogP contribution in [0.15, 0.2) is 0 Å². The van der Waals surface area contributed by atoms with E-state index in [0.29, 0.717) is 0 Å². The van der Waals surface area contributed by atoms with E-state index in [0.717, 1.165) is 0 Å². The molecule has 0 aliphatic rings. The van der Waals surface area contributed by atoms with Gasteiger partial charge in [0.05, 0.1) is 17.7 Å². The van der Waals surface area contributed by atoms with E-state index in [2.05, 4.69) is 0 Å². The van der Waals surface area contributed by atoms with Crippen molar-refractivity contribution in [1.29, 1.82) is 0 Å². The van der Waals surface area contributed by atoms with Crippen molar-refractivity contribution in [3.05, 3.63) is 0 Å². The van der Waals surface area contributed by atoms with E-state index in [-0.39, 0.29) is 17.5 Å². The second kappa shape index (κ2) is 4.01. The molecule has 3 nitrogen and oxygen atoms in total. The van der Waals surface area contributed by atoms with Crippen molar-refractivity contribution in [2.24, 2.45) is 5.73 Å². The summed E-state index contributed by atoms with van der Waals surface area (Å²) in [6.07, 6.45) is -0.220. The average Bonchev–Trinajstić information content (AvgIpc) is 1.82. The Balaban J connectivity index is 4.04. The van der Waals surface area contributed by atoms with Crippen LogP contribution >= 0.6 is 0 Å². The van der Waals surface area contributed by atoms with Gasteiger partial charge in [-0.05, 0) is 34.6 Å². The van der Waals surface area contributed by atoms with Gasteiger partial charge in [0.15, 0.2) is 0 Å². The summed E-state index contributed by atoms with van der Waals surface area (Å²) in [5.74, 6) is -0.0354. The maximum atomic E-state index is 10.9. The smallest absolute Gasteiger partial charge is 0.149 e. The van der Waals surface area contributed by atoms with Crippen molar-refractivity contribution in [3.8, 4) is 0 Å². The van der Waals surface area contributed by atoms with E-state index in [4.69, 9.17) is 10.5 Å². The van der Waals surface area contributed by atoms with Gasteiger partial charge >= 0.3 is 0 Å². The van der Waals surface area contributed by atoms with Crippen LogP contribution in [0, 0.1) is 0 Å². The van der Waals surface area contributed by atoms with Gasteiger partial charge in [0.25, 0.3) is 0 Å². The minimum absolute atomic E-state index is 0.0354. The van der Waals surface area contributed by atoms with Crippen molar-refractivity contribution in [2.45, 2.75) is 52.4 Å². The highest BCUT2D eigenvalue weighted by Crippen LogP contribution is 2.12. The minimum atomic E-state index is -0.510. The van der Waals surface area contributed by atoms with Gasteiger partial charge in [0.2, 0.25) is 0 Å². The third-order valence-electron chi connectivity index (χ3n) is 1.51. The molecule has 72 valence electrons. The molecular weight excluding hydrogens is 154 g/mol. The summed E-state index contributed by atoms with van der Waals surface area (Å²) < 4.78 is 5.51. The Labute approximate surface area is 74.3 Å². The van der Waals surface area contributed by atoms with Crippen molar-refractivity contribution in [3.63, 3.8) is 0 Å². The molecule has 0 aliphatic carbocycles. The molecule has 12 heavy (non-hydrogen) atoms. The number of hydrogen-bond donors (Lipinski definition) is 1. The number of carbonyl (C=O) groups excluding carboxylic acids is 1. The van der Waals surface area contributed by atoms with Gasteiger partial charge in [0.1, 0.15) is 5.78 Å². The molecule has 0 aliphatic heterocycles. The highest BCUT2D eigenvalue weighted by Gasteiger charge is 2.22. The topological polar surface area (TPSA) is 52.3 Å². The van der Waals surface area contributed by atoms with Gasteiger partial charge in [-0.2, -0.15) is 0 Å². The Morgan fingerprint density at radius 1 is 1.42 bits per heavy atom. The third kappa shape index (κ3) is 4.46. The van der Waals surface area contributed by atoms with Crippen LogP contribution in [0.1, 0.15) is 34.6 Å². The van der Waals surface area contributed by atoms with Crippen molar-refractivity contribution < 1.29 is 9.53 Å². The van der Waals surface area contributed by atoms with Gasteiger partial charge in [-0.25, -0.2) is 0 Å². The molecular formula is C9H19NO2. The molecule has 0 fully saturated rings. The maximum Gasteiger partial charge on any atom is 0.149 e. The molecule has 2 atom stereocenters. The summed E-state index contributed by atoms with van der Waals surface area (Å²) >= 11 is 0. The third-order valence-corrected chi connectivity index (χ3v) is 1.51. The van der Waals surface area contributed by atoms with Crippen LogP contribution in [0.2, 0.25) is 0 Å². The lowest BCUT2D eigenvalue weighted by Gasteiger charge is -2.27. The highest BCUT2D eigenvalue weighted by molar-refractivity contribution is 5.81.